The Morgan fingerprint density at radius 2 is 1.96 bits per heavy atom. The largest absolute Gasteiger partial charge is 0.481 e. The van der Waals surface area contributed by atoms with E-state index in [1.54, 1.807) is 23.0 Å². The molecule has 2 heterocycles. The number of amides is 2. The van der Waals surface area contributed by atoms with E-state index in [9.17, 15) is 9.59 Å². The number of carboxylic acid groups (broad SMARTS) is 1. The Bertz CT molecular complexity index is 749. The Morgan fingerprint density at radius 3 is 2.52 bits per heavy atom. The predicted octanol–water partition coefficient (Wildman–Crippen LogP) is 1.64. The zero-order chi connectivity index (χ0) is 17.8. The summed E-state index contributed by atoms with van der Waals surface area (Å²) < 4.78 is 1.68. The lowest BCUT2D eigenvalue weighted by atomic mass is 9.86. The second kappa shape index (κ2) is 7.29. The molecule has 0 atom stereocenters. The number of carbonyl (C=O) groups excluding carboxylic acids is 1. The topological polar surface area (TPSA) is 122 Å². The lowest BCUT2D eigenvalue weighted by Crippen LogP contribution is -2.41. The smallest absolute Gasteiger partial charge is 0.320 e. The molecule has 2 aromatic heterocycles. The van der Waals surface area contributed by atoms with Crippen molar-refractivity contribution < 1.29 is 14.7 Å². The molecule has 1 saturated carbocycles. The standard InChI is InChI=1S/C16H20N6O3/c1-22-9-11(8-17-22)13-6-7-14(21-20-13)19-16(25)18-12-4-2-10(3-5-12)15(23)24/h6-10,12H,2-5H2,1H3,(H,23,24)(H2,18,19,21,25). The van der Waals surface area contributed by atoms with Gasteiger partial charge in [0.15, 0.2) is 5.82 Å². The molecule has 0 saturated heterocycles. The van der Waals surface area contributed by atoms with E-state index >= 15 is 0 Å². The van der Waals surface area contributed by atoms with Crippen molar-refractivity contribution in [3.63, 3.8) is 0 Å². The van der Waals surface area contributed by atoms with Crippen LogP contribution in [-0.4, -0.2) is 43.1 Å². The molecule has 9 heteroatoms. The van der Waals surface area contributed by atoms with Crippen molar-refractivity contribution in [2.75, 3.05) is 5.32 Å². The lowest BCUT2D eigenvalue weighted by molar-refractivity contribution is -0.142. The molecule has 0 radical (unpaired) electrons. The van der Waals surface area contributed by atoms with Crippen molar-refractivity contribution in [2.24, 2.45) is 13.0 Å². The van der Waals surface area contributed by atoms with Gasteiger partial charge in [0.2, 0.25) is 0 Å². The molecule has 1 aliphatic carbocycles. The third-order valence-electron chi connectivity index (χ3n) is 4.32. The molecule has 1 aliphatic rings. The van der Waals surface area contributed by atoms with Gasteiger partial charge in [-0.25, -0.2) is 4.79 Å². The van der Waals surface area contributed by atoms with Crippen LogP contribution in [0.5, 0.6) is 0 Å². The van der Waals surface area contributed by atoms with E-state index < -0.39 is 5.97 Å². The molecule has 2 aromatic rings. The zero-order valence-electron chi connectivity index (χ0n) is 13.8. The Kier molecular flexibility index (Phi) is 4.92. The molecule has 2 amide bonds. The van der Waals surface area contributed by atoms with E-state index in [2.05, 4.69) is 25.9 Å². The fraction of sp³-hybridized carbons (Fsp3) is 0.438. The van der Waals surface area contributed by atoms with Crippen LogP contribution in [0.1, 0.15) is 25.7 Å². The van der Waals surface area contributed by atoms with Gasteiger partial charge in [-0.2, -0.15) is 5.10 Å². The summed E-state index contributed by atoms with van der Waals surface area (Å²) in [6.45, 7) is 0. The summed E-state index contributed by atoms with van der Waals surface area (Å²) in [5.41, 5.74) is 1.52. The van der Waals surface area contributed by atoms with E-state index in [-0.39, 0.29) is 18.0 Å². The average Bonchev–Trinajstić information content (AvgIpc) is 3.02. The highest BCUT2D eigenvalue weighted by Crippen LogP contribution is 2.24. The number of urea groups is 1. The molecule has 9 nitrogen and oxygen atoms in total. The highest BCUT2D eigenvalue weighted by Gasteiger charge is 2.26. The Morgan fingerprint density at radius 1 is 1.20 bits per heavy atom. The summed E-state index contributed by atoms with van der Waals surface area (Å²) in [5.74, 6) is -0.705. The first-order valence-electron chi connectivity index (χ1n) is 8.14. The number of nitrogens with zero attached hydrogens (tertiary/aromatic N) is 4. The molecule has 0 aromatic carbocycles. The number of anilines is 1. The van der Waals surface area contributed by atoms with E-state index in [0.29, 0.717) is 37.2 Å². The number of hydrogen-bond donors (Lipinski definition) is 3. The van der Waals surface area contributed by atoms with Crippen molar-refractivity contribution in [3.8, 4) is 11.3 Å². The van der Waals surface area contributed by atoms with Crippen LogP contribution in [0.2, 0.25) is 0 Å². The summed E-state index contributed by atoms with van der Waals surface area (Å²) >= 11 is 0. The number of aromatic nitrogens is 4. The Labute approximate surface area is 144 Å². The van der Waals surface area contributed by atoms with E-state index in [1.807, 2.05) is 13.2 Å². The first-order chi connectivity index (χ1) is 12.0. The van der Waals surface area contributed by atoms with Crippen molar-refractivity contribution in [1.29, 1.82) is 0 Å². The van der Waals surface area contributed by atoms with Gasteiger partial charge in [0.1, 0.15) is 0 Å². The molecule has 0 bridgehead atoms. The molecule has 25 heavy (non-hydrogen) atoms. The molecule has 0 spiro atoms. The van der Waals surface area contributed by atoms with Crippen molar-refractivity contribution in [2.45, 2.75) is 31.7 Å². The molecular formula is C16H20N6O3. The van der Waals surface area contributed by atoms with Crippen LogP contribution in [-0.2, 0) is 11.8 Å². The maximum absolute atomic E-state index is 12.0. The maximum Gasteiger partial charge on any atom is 0.320 e. The second-order valence-electron chi connectivity index (χ2n) is 6.19. The summed E-state index contributed by atoms with van der Waals surface area (Å²) in [6, 6.07) is 3.06. The van der Waals surface area contributed by atoms with Crippen LogP contribution < -0.4 is 10.6 Å². The number of carbonyl (C=O) groups is 2. The fourth-order valence-corrected chi connectivity index (χ4v) is 2.93. The number of hydrogen-bond acceptors (Lipinski definition) is 5. The average molecular weight is 344 g/mol. The van der Waals surface area contributed by atoms with Gasteiger partial charge in [0, 0.05) is 24.8 Å². The van der Waals surface area contributed by atoms with E-state index in [0.717, 1.165) is 5.56 Å². The normalized spacial score (nSPS) is 20.0. The van der Waals surface area contributed by atoms with E-state index in [4.69, 9.17) is 5.11 Å². The van der Waals surface area contributed by atoms with Crippen LogP contribution in [0, 0.1) is 5.92 Å². The lowest BCUT2D eigenvalue weighted by Gasteiger charge is -2.26. The predicted molar refractivity (Wildman–Crippen MR) is 89.8 cm³/mol. The summed E-state index contributed by atoms with van der Waals surface area (Å²) in [5, 5.41) is 26.6. The number of carboxylic acids is 1. The van der Waals surface area contributed by atoms with Crippen molar-refractivity contribution in [1.82, 2.24) is 25.3 Å². The number of aryl methyl sites for hydroxylation is 1. The molecule has 3 rings (SSSR count). The van der Waals surface area contributed by atoms with Crippen LogP contribution >= 0.6 is 0 Å². The van der Waals surface area contributed by atoms with Crippen molar-refractivity contribution >= 4 is 17.8 Å². The summed E-state index contributed by atoms with van der Waals surface area (Å²) in [6.07, 6.45) is 6.01. The maximum atomic E-state index is 12.0. The van der Waals surface area contributed by atoms with Gasteiger partial charge in [-0.05, 0) is 37.8 Å². The number of nitrogens with one attached hydrogen (secondary N) is 2. The first kappa shape index (κ1) is 16.9. The van der Waals surface area contributed by atoms with Gasteiger partial charge in [0.25, 0.3) is 0 Å². The molecule has 1 fully saturated rings. The van der Waals surface area contributed by atoms with Gasteiger partial charge in [-0.3, -0.25) is 14.8 Å². The minimum Gasteiger partial charge on any atom is -0.481 e. The van der Waals surface area contributed by atoms with Crippen LogP contribution in [0.15, 0.2) is 24.5 Å². The zero-order valence-corrected chi connectivity index (χ0v) is 13.8. The molecule has 3 N–H and O–H groups in total. The number of aliphatic carboxylic acids is 1. The monoisotopic (exact) mass is 344 g/mol. The second-order valence-corrected chi connectivity index (χ2v) is 6.19. The first-order valence-corrected chi connectivity index (χ1v) is 8.14. The van der Waals surface area contributed by atoms with Gasteiger partial charge < -0.3 is 10.4 Å². The van der Waals surface area contributed by atoms with Gasteiger partial charge in [-0.1, -0.05) is 0 Å². The third-order valence-corrected chi connectivity index (χ3v) is 4.32. The quantitative estimate of drug-likeness (QED) is 0.775. The molecule has 132 valence electrons. The highest BCUT2D eigenvalue weighted by molar-refractivity contribution is 5.88. The van der Waals surface area contributed by atoms with Crippen LogP contribution in [0.4, 0.5) is 10.6 Å². The SMILES string of the molecule is Cn1cc(-c2ccc(NC(=O)NC3CCC(C(=O)O)CC3)nn2)cn1. The minimum atomic E-state index is -0.758. The van der Waals surface area contributed by atoms with Crippen LogP contribution in [0.3, 0.4) is 0 Å². The van der Waals surface area contributed by atoms with Gasteiger partial charge in [-0.15, -0.1) is 10.2 Å². The highest BCUT2D eigenvalue weighted by atomic mass is 16.4. The number of rotatable bonds is 4. The van der Waals surface area contributed by atoms with Gasteiger partial charge >= 0.3 is 12.0 Å². The van der Waals surface area contributed by atoms with Crippen molar-refractivity contribution in [3.05, 3.63) is 24.5 Å². The fourth-order valence-electron chi connectivity index (χ4n) is 2.93. The van der Waals surface area contributed by atoms with Crippen LogP contribution in [0.25, 0.3) is 11.3 Å². The molecule has 0 unspecified atom stereocenters. The summed E-state index contributed by atoms with van der Waals surface area (Å²) in [7, 11) is 1.82. The Hall–Kier alpha value is -2.97. The molecular weight excluding hydrogens is 324 g/mol. The molecule has 0 aliphatic heterocycles. The summed E-state index contributed by atoms with van der Waals surface area (Å²) in [4.78, 5) is 23.0. The Balaban J connectivity index is 1.51. The minimum absolute atomic E-state index is 0.0155. The van der Waals surface area contributed by atoms with Gasteiger partial charge in [0.05, 0.1) is 17.8 Å². The third kappa shape index (κ3) is 4.31. The van der Waals surface area contributed by atoms with E-state index in [1.165, 1.54) is 0 Å².